The van der Waals surface area contributed by atoms with Crippen molar-refractivity contribution in [1.29, 1.82) is 0 Å². The van der Waals surface area contributed by atoms with Crippen molar-refractivity contribution in [3.8, 4) is 0 Å². The summed E-state index contributed by atoms with van der Waals surface area (Å²) < 4.78 is 10.6. The van der Waals surface area contributed by atoms with Crippen LogP contribution < -0.4 is 0 Å². The maximum absolute atomic E-state index is 12.5. The summed E-state index contributed by atoms with van der Waals surface area (Å²) in [5.41, 5.74) is 0.615. The van der Waals surface area contributed by atoms with E-state index in [4.69, 9.17) is 9.47 Å². The number of carbonyl (C=O) groups excluding carboxylic acids is 2. The molecular weight excluding hydrogens is 306 g/mol. The minimum absolute atomic E-state index is 0.217. The van der Waals surface area contributed by atoms with Crippen LogP contribution in [-0.4, -0.2) is 41.8 Å². The molecule has 0 aliphatic carbocycles. The van der Waals surface area contributed by atoms with Crippen LogP contribution in [0.1, 0.15) is 39.7 Å². The van der Waals surface area contributed by atoms with Crippen LogP contribution in [0.15, 0.2) is 30.3 Å². The van der Waals surface area contributed by atoms with Crippen molar-refractivity contribution >= 4 is 12.1 Å². The number of amides is 1. The lowest BCUT2D eigenvalue weighted by Gasteiger charge is -2.27. The Morgan fingerprint density at radius 2 is 1.88 bits per heavy atom. The highest BCUT2D eigenvalue weighted by Gasteiger charge is 2.42. The topological polar surface area (TPSA) is 55.8 Å². The molecular formula is C19H27NO4. The third-order valence-electron chi connectivity index (χ3n) is 3.94. The second kappa shape index (κ2) is 7.69. The van der Waals surface area contributed by atoms with Crippen molar-refractivity contribution < 1.29 is 19.1 Å². The molecule has 5 heteroatoms. The van der Waals surface area contributed by atoms with Crippen LogP contribution in [0.4, 0.5) is 4.79 Å². The number of benzene rings is 1. The molecule has 1 amide bonds. The Labute approximate surface area is 143 Å². The summed E-state index contributed by atoms with van der Waals surface area (Å²) in [4.78, 5) is 26.3. The van der Waals surface area contributed by atoms with Crippen LogP contribution >= 0.6 is 0 Å². The van der Waals surface area contributed by atoms with Gasteiger partial charge in [-0.3, -0.25) is 4.90 Å². The van der Waals surface area contributed by atoms with Gasteiger partial charge >= 0.3 is 12.1 Å². The van der Waals surface area contributed by atoms with Gasteiger partial charge in [0.25, 0.3) is 0 Å². The average Bonchev–Trinajstić information content (AvgIpc) is 2.91. The lowest BCUT2D eigenvalue weighted by atomic mass is 9.97. The number of ether oxygens (including phenoxy) is 2. The average molecular weight is 333 g/mol. The summed E-state index contributed by atoms with van der Waals surface area (Å²) >= 11 is 0. The van der Waals surface area contributed by atoms with Crippen molar-refractivity contribution in [2.75, 3.05) is 13.2 Å². The molecule has 1 aliphatic heterocycles. The zero-order valence-corrected chi connectivity index (χ0v) is 15.0. The van der Waals surface area contributed by atoms with Gasteiger partial charge in [0.15, 0.2) is 0 Å². The first kappa shape index (κ1) is 18.3. The predicted molar refractivity (Wildman–Crippen MR) is 91.6 cm³/mol. The number of hydrogen-bond donors (Lipinski definition) is 0. The van der Waals surface area contributed by atoms with Crippen LogP contribution in [0.5, 0.6) is 0 Å². The van der Waals surface area contributed by atoms with Crippen LogP contribution in [0.25, 0.3) is 0 Å². The molecule has 2 rings (SSSR count). The zero-order chi connectivity index (χ0) is 17.7. The quantitative estimate of drug-likeness (QED) is 0.792. The lowest BCUT2D eigenvalue weighted by Crippen LogP contribution is -2.44. The van der Waals surface area contributed by atoms with Gasteiger partial charge in [0, 0.05) is 6.54 Å². The third kappa shape index (κ3) is 4.98. The van der Waals surface area contributed by atoms with Crippen LogP contribution in [0, 0.1) is 5.92 Å². The Bertz CT molecular complexity index is 564. The molecule has 2 unspecified atom stereocenters. The predicted octanol–water partition coefficient (Wildman–Crippen LogP) is 3.42. The molecule has 1 aromatic carbocycles. The van der Waals surface area contributed by atoms with E-state index in [9.17, 15) is 9.59 Å². The van der Waals surface area contributed by atoms with Gasteiger partial charge in [0.2, 0.25) is 0 Å². The molecule has 132 valence electrons. The summed E-state index contributed by atoms with van der Waals surface area (Å²) in [5.74, 6) is -0.131. The van der Waals surface area contributed by atoms with Crippen molar-refractivity contribution in [3.63, 3.8) is 0 Å². The molecule has 2 atom stereocenters. The van der Waals surface area contributed by atoms with E-state index in [1.165, 1.54) is 10.5 Å². The van der Waals surface area contributed by atoms with E-state index in [1.807, 2.05) is 39.0 Å². The van der Waals surface area contributed by atoms with E-state index in [0.29, 0.717) is 19.6 Å². The molecule has 1 fully saturated rings. The fourth-order valence-corrected chi connectivity index (χ4v) is 3.00. The maximum Gasteiger partial charge on any atom is 0.411 e. The van der Waals surface area contributed by atoms with Crippen LogP contribution in [-0.2, 0) is 20.7 Å². The highest BCUT2D eigenvalue weighted by atomic mass is 16.6. The standard InChI is InChI=1S/C19H27NO4/c1-5-23-17(21)16-12-15(11-14-9-7-6-8-10-14)13-20(16)18(22)24-19(2,3)4/h6-10,15-16H,5,11-13H2,1-4H3. The summed E-state index contributed by atoms with van der Waals surface area (Å²) in [6.45, 7) is 8.05. The molecule has 0 bridgehead atoms. The monoisotopic (exact) mass is 333 g/mol. The molecule has 0 saturated carbocycles. The zero-order valence-electron chi connectivity index (χ0n) is 15.0. The van der Waals surface area contributed by atoms with Crippen LogP contribution in [0.3, 0.4) is 0 Å². The first-order valence-corrected chi connectivity index (χ1v) is 8.50. The van der Waals surface area contributed by atoms with Gasteiger partial charge in [0.05, 0.1) is 6.61 Å². The van der Waals surface area contributed by atoms with Gasteiger partial charge in [-0.2, -0.15) is 0 Å². The molecule has 0 N–H and O–H groups in total. The highest BCUT2D eigenvalue weighted by molar-refractivity contribution is 5.82. The first-order valence-electron chi connectivity index (χ1n) is 8.50. The SMILES string of the molecule is CCOC(=O)C1CC(Cc2ccccc2)CN1C(=O)OC(C)(C)C. The van der Waals surface area contributed by atoms with Gasteiger partial charge in [-0.05, 0) is 52.0 Å². The normalized spacial score (nSPS) is 20.8. The van der Waals surface area contributed by atoms with Gasteiger partial charge < -0.3 is 9.47 Å². The second-order valence-electron chi connectivity index (χ2n) is 7.19. The van der Waals surface area contributed by atoms with E-state index in [2.05, 4.69) is 12.1 Å². The van der Waals surface area contributed by atoms with E-state index >= 15 is 0 Å². The Hall–Kier alpha value is -2.04. The van der Waals surface area contributed by atoms with E-state index in [-0.39, 0.29) is 11.9 Å². The van der Waals surface area contributed by atoms with E-state index in [1.54, 1.807) is 6.92 Å². The molecule has 1 saturated heterocycles. The second-order valence-corrected chi connectivity index (χ2v) is 7.19. The summed E-state index contributed by atoms with van der Waals surface area (Å²) in [6.07, 6.45) is 0.986. The lowest BCUT2D eigenvalue weighted by molar-refractivity contribution is -0.148. The summed E-state index contributed by atoms with van der Waals surface area (Å²) in [6, 6.07) is 9.54. The third-order valence-corrected chi connectivity index (χ3v) is 3.94. The Balaban J connectivity index is 2.10. The van der Waals surface area contributed by atoms with Crippen molar-refractivity contribution in [3.05, 3.63) is 35.9 Å². The Kier molecular flexibility index (Phi) is 5.86. The Morgan fingerprint density at radius 3 is 2.46 bits per heavy atom. The number of hydrogen-bond acceptors (Lipinski definition) is 4. The van der Waals surface area contributed by atoms with Gasteiger partial charge in [-0.25, -0.2) is 9.59 Å². The highest BCUT2D eigenvalue weighted by Crippen LogP contribution is 2.29. The molecule has 1 aliphatic rings. The minimum Gasteiger partial charge on any atom is -0.464 e. The summed E-state index contributed by atoms with van der Waals surface area (Å²) in [5, 5.41) is 0. The molecule has 0 radical (unpaired) electrons. The Morgan fingerprint density at radius 1 is 1.21 bits per heavy atom. The molecule has 1 aromatic rings. The smallest absolute Gasteiger partial charge is 0.411 e. The first-order chi connectivity index (χ1) is 11.3. The van der Waals surface area contributed by atoms with Crippen molar-refractivity contribution in [1.82, 2.24) is 4.90 Å². The number of likely N-dealkylation sites (tertiary alicyclic amines) is 1. The minimum atomic E-state index is -0.589. The van der Waals surface area contributed by atoms with E-state index < -0.39 is 17.7 Å². The summed E-state index contributed by atoms with van der Waals surface area (Å²) in [7, 11) is 0. The number of esters is 1. The molecule has 1 heterocycles. The van der Waals surface area contributed by atoms with E-state index in [0.717, 1.165) is 6.42 Å². The molecule has 0 aromatic heterocycles. The molecule has 24 heavy (non-hydrogen) atoms. The number of nitrogens with zero attached hydrogens (tertiary/aromatic N) is 1. The number of rotatable bonds is 4. The van der Waals surface area contributed by atoms with Gasteiger partial charge in [-0.15, -0.1) is 0 Å². The fourth-order valence-electron chi connectivity index (χ4n) is 3.00. The largest absolute Gasteiger partial charge is 0.464 e. The molecule has 5 nitrogen and oxygen atoms in total. The van der Waals surface area contributed by atoms with Gasteiger partial charge in [0.1, 0.15) is 11.6 Å². The van der Waals surface area contributed by atoms with Gasteiger partial charge in [-0.1, -0.05) is 30.3 Å². The number of carbonyl (C=O) groups is 2. The van der Waals surface area contributed by atoms with Crippen molar-refractivity contribution in [2.45, 2.75) is 52.2 Å². The van der Waals surface area contributed by atoms with Crippen molar-refractivity contribution in [2.24, 2.45) is 5.92 Å². The maximum atomic E-state index is 12.5. The fraction of sp³-hybridized carbons (Fsp3) is 0.579. The van der Waals surface area contributed by atoms with Crippen LogP contribution in [0.2, 0.25) is 0 Å². The molecule has 0 spiro atoms.